The number of carbonyl (C=O) groups excluding carboxylic acids is 2. The minimum atomic E-state index is -1.53. The van der Waals surface area contributed by atoms with E-state index in [1.165, 1.54) is 0 Å². The van der Waals surface area contributed by atoms with E-state index in [2.05, 4.69) is 17.5 Å². The molecular formula is C31H32FN3O2. The van der Waals surface area contributed by atoms with E-state index in [9.17, 15) is 9.59 Å². The van der Waals surface area contributed by atoms with Gasteiger partial charge in [0.25, 0.3) is 11.8 Å². The van der Waals surface area contributed by atoms with Crippen molar-refractivity contribution in [1.29, 1.82) is 5.26 Å². The Labute approximate surface area is 218 Å². The first-order valence-electron chi connectivity index (χ1n) is 12.7. The number of alkyl halides is 1. The van der Waals surface area contributed by atoms with E-state index in [1.54, 1.807) is 41.3 Å². The summed E-state index contributed by atoms with van der Waals surface area (Å²) in [5.41, 5.74) is 4.12. The fourth-order valence-corrected chi connectivity index (χ4v) is 4.85. The SMILES string of the molecule is CCc1cc(C)c(NC(=O)C2=CCC=C(C)C=C2)cc1C(=O)N1CCC(F)(c2ccc(C#N)cc2)CC1. The molecule has 2 aromatic rings. The zero-order valence-corrected chi connectivity index (χ0v) is 21.6. The van der Waals surface area contributed by atoms with E-state index >= 15 is 4.39 Å². The predicted octanol–water partition coefficient (Wildman–Crippen LogP) is 6.30. The van der Waals surface area contributed by atoms with Crippen molar-refractivity contribution < 1.29 is 14.0 Å². The Morgan fingerprint density at radius 2 is 1.78 bits per heavy atom. The monoisotopic (exact) mass is 497 g/mol. The third-order valence-corrected chi connectivity index (χ3v) is 7.25. The van der Waals surface area contributed by atoms with Crippen LogP contribution in [0, 0.1) is 18.3 Å². The van der Waals surface area contributed by atoms with Gasteiger partial charge in [0.15, 0.2) is 0 Å². The maximum Gasteiger partial charge on any atom is 0.255 e. The van der Waals surface area contributed by atoms with Crippen LogP contribution in [-0.4, -0.2) is 29.8 Å². The Bertz CT molecular complexity index is 1340. The molecule has 2 aliphatic rings. The summed E-state index contributed by atoms with van der Waals surface area (Å²) in [7, 11) is 0. The summed E-state index contributed by atoms with van der Waals surface area (Å²) in [5, 5.41) is 12.0. The van der Waals surface area contributed by atoms with Crippen molar-refractivity contribution in [2.75, 3.05) is 18.4 Å². The second-order valence-electron chi connectivity index (χ2n) is 9.76. The molecule has 0 saturated carbocycles. The Morgan fingerprint density at radius 1 is 1.08 bits per heavy atom. The second kappa shape index (κ2) is 11.0. The highest BCUT2D eigenvalue weighted by Crippen LogP contribution is 2.38. The molecule has 5 nitrogen and oxygen atoms in total. The molecule has 2 aromatic carbocycles. The topological polar surface area (TPSA) is 73.2 Å². The van der Waals surface area contributed by atoms with Crippen LogP contribution in [-0.2, 0) is 16.9 Å². The predicted molar refractivity (Wildman–Crippen MR) is 144 cm³/mol. The van der Waals surface area contributed by atoms with E-state index in [4.69, 9.17) is 5.26 Å². The smallest absolute Gasteiger partial charge is 0.255 e. The molecule has 0 bridgehead atoms. The quantitative estimate of drug-likeness (QED) is 0.527. The number of nitrogens with zero attached hydrogens (tertiary/aromatic N) is 2. The molecule has 1 N–H and O–H groups in total. The molecule has 0 radical (unpaired) electrons. The standard InChI is InChI=1S/C31H32FN3O2/c1-4-24-18-22(3)28(34-29(36)25-7-5-6-21(2)8-11-25)19-27(24)30(37)35-16-14-31(32,15-17-35)26-12-9-23(20-33)10-13-26/h6-13,18-19H,4-5,14-17H2,1-3H3,(H,34,36). The summed E-state index contributed by atoms with van der Waals surface area (Å²) in [6.07, 6.45) is 9.40. The number of piperidine rings is 1. The number of nitrogens with one attached hydrogen (secondary N) is 1. The molecule has 4 rings (SSSR count). The minimum absolute atomic E-state index is 0.150. The number of anilines is 1. The van der Waals surface area contributed by atoms with Gasteiger partial charge in [-0.15, -0.1) is 0 Å². The summed E-state index contributed by atoms with van der Waals surface area (Å²) in [5.74, 6) is -0.365. The average Bonchev–Trinajstić information content (AvgIpc) is 3.14. The highest BCUT2D eigenvalue weighted by molar-refractivity contribution is 6.07. The lowest BCUT2D eigenvalue weighted by molar-refractivity contribution is -0.112. The van der Waals surface area contributed by atoms with Gasteiger partial charge in [-0.3, -0.25) is 9.59 Å². The number of rotatable bonds is 5. The lowest BCUT2D eigenvalue weighted by Crippen LogP contribution is -2.43. The number of amides is 2. The van der Waals surface area contributed by atoms with Crippen molar-refractivity contribution in [3.8, 4) is 6.07 Å². The van der Waals surface area contributed by atoms with Crippen molar-refractivity contribution in [3.05, 3.63) is 99.7 Å². The maximum atomic E-state index is 15.7. The van der Waals surface area contributed by atoms with Gasteiger partial charge in [-0.1, -0.05) is 48.9 Å². The van der Waals surface area contributed by atoms with Gasteiger partial charge in [-0.2, -0.15) is 5.26 Å². The molecule has 190 valence electrons. The molecule has 1 saturated heterocycles. The normalized spacial score (nSPS) is 16.8. The summed E-state index contributed by atoms with van der Waals surface area (Å²) in [6.45, 7) is 6.49. The Morgan fingerprint density at radius 3 is 2.43 bits per heavy atom. The highest BCUT2D eigenvalue weighted by atomic mass is 19.1. The Kier molecular flexibility index (Phi) is 7.73. The van der Waals surface area contributed by atoms with Crippen molar-refractivity contribution in [1.82, 2.24) is 4.90 Å². The zero-order chi connectivity index (χ0) is 26.6. The van der Waals surface area contributed by atoms with Crippen LogP contribution in [0.3, 0.4) is 0 Å². The number of halogens is 1. The number of hydrogen-bond acceptors (Lipinski definition) is 3. The molecule has 0 spiro atoms. The summed E-state index contributed by atoms with van der Waals surface area (Å²) < 4.78 is 15.7. The molecule has 0 atom stereocenters. The second-order valence-corrected chi connectivity index (χ2v) is 9.76. The van der Waals surface area contributed by atoms with Gasteiger partial charge >= 0.3 is 0 Å². The number of aryl methyl sites for hydroxylation is 2. The van der Waals surface area contributed by atoms with Crippen LogP contribution in [0.15, 0.2) is 71.8 Å². The van der Waals surface area contributed by atoms with E-state index in [0.717, 1.165) is 16.7 Å². The van der Waals surface area contributed by atoms with Gasteiger partial charge in [-0.25, -0.2) is 4.39 Å². The lowest BCUT2D eigenvalue weighted by Gasteiger charge is -2.37. The van der Waals surface area contributed by atoms with Crippen molar-refractivity contribution >= 4 is 17.5 Å². The lowest BCUT2D eigenvalue weighted by atomic mass is 9.85. The van der Waals surface area contributed by atoms with Crippen LogP contribution in [0.2, 0.25) is 0 Å². The zero-order valence-electron chi connectivity index (χ0n) is 21.6. The molecule has 0 unspecified atom stereocenters. The third-order valence-electron chi connectivity index (χ3n) is 7.25. The first-order valence-corrected chi connectivity index (χ1v) is 12.7. The summed E-state index contributed by atoms with van der Waals surface area (Å²) in [4.78, 5) is 28.2. The van der Waals surface area contributed by atoms with Gasteiger partial charge < -0.3 is 10.2 Å². The van der Waals surface area contributed by atoms with Crippen LogP contribution in [0.5, 0.6) is 0 Å². The minimum Gasteiger partial charge on any atom is -0.338 e. The fourth-order valence-electron chi connectivity index (χ4n) is 4.85. The van der Waals surface area contributed by atoms with Crippen LogP contribution in [0.25, 0.3) is 0 Å². The molecular weight excluding hydrogens is 465 g/mol. The first kappa shape index (κ1) is 26.1. The van der Waals surface area contributed by atoms with Gasteiger partial charge in [0, 0.05) is 42.8 Å². The van der Waals surface area contributed by atoms with Crippen LogP contribution >= 0.6 is 0 Å². The molecule has 6 heteroatoms. The van der Waals surface area contributed by atoms with Crippen molar-refractivity contribution in [3.63, 3.8) is 0 Å². The van der Waals surface area contributed by atoms with Gasteiger partial charge in [0.1, 0.15) is 5.67 Å². The Balaban J connectivity index is 1.51. The summed E-state index contributed by atoms with van der Waals surface area (Å²) in [6, 6.07) is 12.3. The molecule has 2 amide bonds. The Hall–Kier alpha value is -3.98. The fraction of sp³-hybridized carbons (Fsp3) is 0.323. The first-order chi connectivity index (χ1) is 17.7. The van der Waals surface area contributed by atoms with E-state index in [-0.39, 0.29) is 37.7 Å². The van der Waals surface area contributed by atoms with Gasteiger partial charge in [0.05, 0.1) is 11.6 Å². The maximum absolute atomic E-state index is 15.7. The van der Waals surface area contributed by atoms with E-state index < -0.39 is 5.67 Å². The highest BCUT2D eigenvalue weighted by Gasteiger charge is 2.38. The molecule has 0 aromatic heterocycles. The number of likely N-dealkylation sites (tertiary alicyclic amines) is 1. The van der Waals surface area contributed by atoms with Crippen LogP contribution in [0.4, 0.5) is 10.1 Å². The van der Waals surface area contributed by atoms with E-state index in [1.807, 2.05) is 39.0 Å². The molecule has 1 aliphatic carbocycles. The molecule has 1 aliphatic heterocycles. The van der Waals surface area contributed by atoms with Gasteiger partial charge in [-0.05, 0) is 67.7 Å². The van der Waals surface area contributed by atoms with Gasteiger partial charge in [0.2, 0.25) is 0 Å². The molecule has 1 fully saturated rings. The number of hydrogen-bond donors (Lipinski definition) is 1. The average molecular weight is 498 g/mol. The third kappa shape index (κ3) is 5.72. The van der Waals surface area contributed by atoms with Crippen LogP contribution in [0.1, 0.15) is 65.7 Å². The van der Waals surface area contributed by atoms with E-state index in [0.29, 0.717) is 40.8 Å². The largest absolute Gasteiger partial charge is 0.338 e. The molecule has 37 heavy (non-hydrogen) atoms. The van der Waals surface area contributed by atoms with Crippen LogP contribution < -0.4 is 5.32 Å². The van der Waals surface area contributed by atoms with Crippen molar-refractivity contribution in [2.24, 2.45) is 0 Å². The number of benzene rings is 2. The molecule has 1 heterocycles. The number of carbonyl (C=O) groups is 2. The number of nitriles is 1. The summed E-state index contributed by atoms with van der Waals surface area (Å²) >= 11 is 0. The number of allylic oxidation sites excluding steroid dienone is 4. The van der Waals surface area contributed by atoms with Crippen molar-refractivity contribution in [2.45, 2.75) is 52.1 Å².